The highest BCUT2D eigenvalue weighted by Crippen LogP contribution is 2.40. The lowest BCUT2D eigenvalue weighted by Crippen LogP contribution is -2.26. The fourth-order valence-electron chi connectivity index (χ4n) is 4.39. The molecule has 0 amide bonds. The molecule has 32 heavy (non-hydrogen) atoms. The summed E-state index contributed by atoms with van der Waals surface area (Å²) in [6.45, 7) is 4.78. The van der Waals surface area contributed by atoms with Gasteiger partial charge in [0.05, 0.1) is 22.6 Å². The Morgan fingerprint density at radius 2 is 1.53 bits per heavy atom. The lowest BCUT2D eigenvalue weighted by Gasteiger charge is -2.27. The summed E-state index contributed by atoms with van der Waals surface area (Å²) >= 11 is 0. The summed E-state index contributed by atoms with van der Waals surface area (Å²) in [5, 5.41) is 4.91. The van der Waals surface area contributed by atoms with Crippen molar-refractivity contribution in [1.29, 1.82) is 0 Å². The average Bonchev–Trinajstić information content (AvgIpc) is 3.18. The summed E-state index contributed by atoms with van der Waals surface area (Å²) in [6.07, 6.45) is 1.32. The number of Topliss-reactive ketones (excluding diaryl/α,β-unsaturated/α-hetero) is 1. The van der Waals surface area contributed by atoms with E-state index in [2.05, 4.69) is 13.8 Å². The van der Waals surface area contributed by atoms with E-state index in [1.54, 1.807) is 0 Å². The Bertz CT molecular complexity index is 1240. The molecule has 0 spiro atoms. The molecule has 0 N–H and O–H groups in total. The number of hydrogen-bond acceptors (Lipinski definition) is 3. The highest BCUT2D eigenvalue weighted by atomic mass is 16.5. The van der Waals surface area contributed by atoms with E-state index in [1.807, 2.05) is 89.6 Å². The molecule has 0 atom stereocenters. The first-order chi connectivity index (χ1) is 15.5. The maximum absolute atomic E-state index is 13.2. The summed E-state index contributed by atoms with van der Waals surface area (Å²) in [7, 11) is 0. The molecule has 0 saturated carbocycles. The maximum Gasteiger partial charge on any atom is 0.167 e. The van der Waals surface area contributed by atoms with Gasteiger partial charge in [-0.05, 0) is 53.8 Å². The molecule has 0 bridgehead atoms. The van der Waals surface area contributed by atoms with Gasteiger partial charge in [-0.25, -0.2) is 4.68 Å². The van der Waals surface area contributed by atoms with E-state index in [-0.39, 0.29) is 11.2 Å². The first-order valence-electron chi connectivity index (χ1n) is 11.0. The molecule has 1 aromatic heterocycles. The number of benzene rings is 3. The van der Waals surface area contributed by atoms with Crippen molar-refractivity contribution in [3.63, 3.8) is 0 Å². The second-order valence-corrected chi connectivity index (χ2v) is 9.16. The van der Waals surface area contributed by atoms with Crippen LogP contribution in [0.4, 0.5) is 0 Å². The third-order valence-corrected chi connectivity index (χ3v) is 5.90. The predicted octanol–water partition coefficient (Wildman–Crippen LogP) is 6.27. The Morgan fingerprint density at radius 1 is 0.875 bits per heavy atom. The number of rotatable bonds is 5. The average molecular weight is 423 g/mol. The maximum atomic E-state index is 13.2. The van der Waals surface area contributed by atoms with Crippen LogP contribution in [0.1, 0.15) is 41.9 Å². The summed E-state index contributed by atoms with van der Waals surface area (Å²) in [5.41, 5.74) is 5.46. The van der Waals surface area contributed by atoms with Gasteiger partial charge in [0, 0.05) is 12.0 Å². The molecule has 0 saturated heterocycles. The van der Waals surface area contributed by atoms with Crippen molar-refractivity contribution in [3.05, 3.63) is 102 Å². The Kier molecular flexibility index (Phi) is 5.14. The molecule has 3 aromatic carbocycles. The third-order valence-electron chi connectivity index (χ3n) is 5.90. The standard InChI is InChI=1S/C28H26N2O2/c1-28(2)17-24-26(25(31)18-28)27(30(29-24)22-11-7-4-8-12-22)21-13-15-23(16-14-21)32-19-20-9-5-3-6-10-20/h3-16H,17-19H2,1-2H3. The number of aromatic nitrogens is 2. The van der Waals surface area contributed by atoms with Crippen LogP contribution in [-0.4, -0.2) is 15.6 Å². The zero-order valence-electron chi connectivity index (χ0n) is 18.4. The van der Waals surface area contributed by atoms with Crippen LogP contribution in [0.5, 0.6) is 5.75 Å². The van der Waals surface area contributed by atoms with Crippen molar-refractivity contribution in [1.82, 2.24) is 9.78 Å². The van der Waals surface area contributed by atoms with Gasteiger partial charge in [-0.3, -0.25) is 4.79 Å². The smallest absolute Gasteiger partial charge is 0.167 e. The monoisotopic (exact) mass is 422 g/mol. The number of para-hydroxylation sites is 1. The summed E-state index contributed by atoms with van der Waals surface area (Å²) in [5.74, 6) is 0.961. The molecular formula is C28H26N2O2. The van der Waals surface area contributed by atoms with Gasteiger partial charge < -0.3 is 4.74 Å². The second kappa shape index (κ2) is 8.12. The van der Waals surface area contributed by atoms with Crippen LogP contribution in [0.2, 0.25) is 0 Å². The van der Waals surface area contributed by atoms with E-state index in [4.69, 9.17) is 9.84 Å². The highest BCUT2D eigenvalue weighted by molar-refractivity contribution is 6.04. The van der Waals surface area contributed by atoms with E-state index in [0.29, 0.717) is 13.0 Å². The third kappa shape index (κ3) is 3.96. The van der Waals surface area contributed by atoms with Crippen LogP contribution in [0.15, 0.2) is 84.9 Å². The molecule has 1 heterocycles. The number of carbonyl (C=O) groups excluding carboxylic acids is 1. The number of fused-ring (bicyclic) bond motifs is 1. The lowest BCUT2D eigenvalue weighted by molar-refractivity contribution is 0.0912. The van der Waals surface area contributed by atoms with Crippen LogP contribution in [0.25, 0.3) is 16.9 Å². The van der Waals surface area contributed by atoms with Crippen molar-refractivity contribution in [3.8, 4) is 22.7 Å². The van der Waals surface area contributed by atoms with Crippen LogP contribution in [-0.2, 0) is 13.0 Å². The van der Waals surface area contributed by atoms with Gasteiger partial charge in [0.25, 0.3) is 0 Å². The van der Waals surface area contributed by atoms with Gasteiger partial charge in [-0.2, -0.15) is 5.10 Å². The predicted molar refractivity (Wildman–Crippen MR) is 126 cm³/mol. The molecule has 4 aromatic rings. The second-order valence-electron chi connectivity index (χ2n) is 9.16. The zero-order chi connectivity index (χ0) is 22.1. The Balaban J connectivity index is 1.52. The van der Waals surface area contributed by atoms with Crippen molar-refractivity contribution < 1.29 is 9.53 Å². The van der Waals surface area contributed by atoms with Crippen molar-refractivity contribution in [2.24, 2.45) is 5.41 Å². The molecule has 0 fully saturated rings. The van der Waals surface area contributed by atoms with Crippen molar-refractivity contribution in [2.75, 3.05) is 0 Å². The van der Waals surface area contributed by atoms with Gasteiger partial charge >= 0.3 is 0 Å². The van der Waals surface area contributed by atoms with Crippen LogP contribution in [0, 0.1) is 5.41 Å². The number of hydrogen-bond donors (Lipinski definition) is 0. The SMILES string of the molecule is CC1(C)CC(=O)c2c(nn(-c3ccccc3)c2-c2ccc(OCc3ccccc3)cc2)C1. The molecular weight excluding hydrogens is 396 g/mol. The first kappa shape index (κ1) is 20.3. The molecule has 4 heteroatoms. The highest BCUT2D eigenvalue weighted by Gasteiger charge is 2.36. The summed E-state index contributed by atoms with van der Waals surface area (Å²) < 4.78 is 7.87. The van der Waals surface area contributed by atoms with Gasteiger partial charge in [0.15, 0.2) is 5.78 Å². The van der Waals surface area contributed by atoms with E-state index in [1.165, 1.54) is 0 Å². The van der Waals surface area contributed by atoms with Gasteiger partial charge in [-0.1, -0.05) is 62.4 Å². The normalized spacial score (nSPS) is 14.8. The Labute approximate surface area is 188 Å². The molecule has 1 aliphatic rings. The first-order valence-corrected chi connectivity index (χ1v) is 11.0. The lowest BCUT2D eigenvalue weighted by atomic mass is 9.75. The number of ether oxygens (including phenoxy) is 1. The van der Waals surface area contributed by atoms with Crippen molar-refractivity contribution >= 4 is 5.78 Å². The van der Waals surface area contributed by atoms with E-state index < -0.39 is 0 Å². The van der Waals surface area contributed by atoms with E-state index in [0.717, 1.165) is 45.9 Å². The quantitative estimate of drug-likeness (QED) is 0.380. The topological polar surface area (TPSA) is 44.1 Å². The Morgan fingerprint density at radius 3 is 2.22 bits per heavy atom. The van der Waals surface area contributed by atoms with Crippen molar-refractivity contribution in [2.45, 2.75) is 33.3 Å². The fraction of sp³-hybridized carbons (Fsp3) is 0.214. The van der Waals surface area contributed by atoms with Crippen LogP contribution >= 0.6 is 0 Å². The molecule has 4 nitrogen and oxygen atoms in total. The van der Waals surface area contributed by atoms with Gasteiger partial charge in [0.2, 0.25) is 0 Å². The molecule has 160 valence electrons. The molecule has 0 radical (unpaired) electrons. The minimum absolute atomic E-state index is 0.0770. The number of ketones is 1. The largest absolute Gasteiger partial charge is 0.489 e. The van der Waals surface area contributed by atoms with Crippen LogP contribution in [0.3, 0.4) is 0 Å². The Hall–Kier alpha value is -3.66. The number of carbonyl (C=O) groups is 1. The van der Waals surface area contributed by atoms with Gasteiger partial charge in [-0.15, -0.1) is 0 Å². The number of nitrogens with zero attached hydrogens (tertiary/aromatic N) is 2. The molecule has 5 rings (SSSR count). The van der Waals surface area contributed by atoms with Gasteiger partial charge in [0.1, 0.15) is 12.4 Å². The van der Waals surface area contributed by atoms with E-state index >= 15 is 0 Å². The van der Waals surface area contributed by atoms with Crippen LogP contribution < -0.4 is 4.74 Å². The zero-order valence-corrected chi connectivity index (χ0v) is 18.4. The van der Waals surface area contributed by atoms with E-state index in [9.17, 15) is 4.79 Å². The summed E-state index contributed by atoms with van der Waals surface area (Å²) in [6, 6.07) is 28.1. The minimum atomic E-state index is -0.0770. The minimum Gasteiger partial charge on any atom is -0.489 e. The fourth-order valence-corrected chi connectivity index (χ4v) is 4.39. The molecule has 1 aliphatic carbocycles. The molecule has 0 aliphatic heterocycles. The molecule has 0 unspecified atom stereocenters. The summed E-state index contributed by atoms with van der Waals surface area (Å²) in [4.78, 5) is 13.2.